The Labute approximate surface area is 179 Å². The summed E-state index contributed by atoms with van der Waals surface area (Å²) in [4.78, 5) is 3.36. The van der Waals surface area contributed by atoms with Crippen molar-refractivity contribution >= 4 is 43.9 Å². The van der Waals surface area contributed by atoms with E-state index in [2.05, 4.69) is 4.98 Å². The van der Waals surface area contributed by atoms with Gasteiger partial charge in [-0.15, -0.1) is 0 Å². The van der Waals surface area contributed by atoms with Gasteiger partial charge >= 0.3 is 0 Å². The van der Waals surface area contributed by atoms with Gasteiger partial charge in [-0.1, -0.05) is 41.4 Å². The van der Waals surface area contributed by atoms with E-state index in [0.717, 1.165) is 36.5 Å². The van der Waals surface area contributed by atoms with Crippen LogP contribution in [0.25, 0.3) is 22.0 Å². The molecular formula is C21H10Cl2F3NO2S. The molecule has 0 unspecified atom stereocenters. The molecule has 0 fully saturated rings. The van der Waals surface area contributed by atoms with Crippen LogP contribution in [0.15, 0.2) is 70.6 Å². The van der Waals surface area contributed by atoms with Crippen LogP contribution in [0.5, 0.6) is 0 Å². The minimum absolute atomic E-state index is 0.0413. The lowest BCUT2D eigenvalue weighted by atomic mass is 10.0. The number of halogens is 5. The van der Waals surface area contributed by atoms with Crippen LogP contribution in [0.3, 0.4) is 0 Å². The van der Waals surface area contributed by atoms with Crippen molar-refractivity contribution in [1.82, 2.24) is 4.98 Å². The van der Waals surface area contributed by atoms with Gasteiger partial charge < -0.3 is 0 Å². The summed E-state index contributed by atoms with van der Waals surface area (Å²) < 4.78 is 68.8. The first-order valence-electron chi connectivity index (χ1n) is 8.43. The first kappa shape index (κ1) is 20.7. The SMILES string of the molecule is O=S(=O)(c1ccc(F)c(Cl)c1)c1cnc2cc(F)c(Cl)cc2c1-c1ccccc1F. The molecule has 0 aliphatic rings. The number of fused-ring (bicyclic) bond motifs is 1. The molecule has 4 rings (SSSR count). The molecule has 3 nitrogen and oxygen atoms in total. The lowest BCUT2D eigenvalue weighted by Crippen LogP contribution is -2.07. The number of hydrogen-bond acceptors (Lipinski definition) is 3. The summed E-state index contributed by atoms with van der Waals surface area (Å²) in [5.74, 6) is -2.24. The van der Waals surface area contributed by atoms with E-state index in [1.54, 1.807) is 0 Å². The van der Waals surface area contributed by atoms with Crippen LogP contribution in [0.4, 0.5) is 13.2 Å². The van der Waals surface area contributed by atoms with Gasteiger partial charge in [-0.3, -0.25) is 4.98 Å². The van der Waals surface area contributed by atoms with Gasteiger partial charge in [-0.2, -0.15) is 0 Å². The highest BCUT2D eigenvalue weighted by molar-refractivity contribution is 7.91. The highest BCUT2D eigenvalue weighted by atomic mass is 35.5. The molecule has 30 heavy (non-hydrogen) atoms. The van der Waals surface area contributed by atoms with Crippen molar-refractivity contribution in [3.8, 4) is 11.1 Å². The summed E-state index contributed by atoms with van der Waals surface area (Å²) >= 11 is 11.7. The lowest BCUT2D eigenvalue weighted by molar-refractivity contribution is 0.594. The molecule has 0 saturated heterocycles. The second-order valence-corrected chi connectivity index (χ2v) is 9.07. The topological polar surface area (TPSA) is 47.0 Å². The third kappa shape index (κ3) is 3.43. The molecule has 0 amide bonds. The number of benzene rings is 3. The maximum atomic E-state index is 14.7. The second kappa shape index (κ2) is 7.58. The van der Waals surface area contributed by atoms with Gasteiger partial charge in [0.25, 0.3) is 0 Å². The summed E-state index contributed by atoms with van der Waals surface area (Å²) in [6.45, 7) is 0. The Morgan fingerprint density at radius 2 is 1.50 bits per heavy atom. The molecule has 4 aromatic rings. The number of rotatable bonds is 3. The van der Waals surface area contributed by atoms with E-state index in [1.807, 2.05) is 0 Å². The molecule has 0 saturated carbocycles. The Hall–Kier alpha value is -2.61. The average molecular weight is 468 g/mol. The Bertz CT molecular complexity index is 1430. The molecule has 1 aromatic heterocycles. The highest BCUT2D eigenvalue weighted by Crippen LogP contribution is 2.39. The van der Waals surface area contributed by atoms with Gasteiger partial charge in [-0.25, -0.2) is 21.6 Å². The van der Waals surface area contributed by atoms with E-state index in [4.69, 9.17) is 23.2 Å². The Kier molecular flexibility index (Phi) is 5.22. The zero-order valence-corrected chi connectivity index (χ0v) is 17.2. The van der Waals surface area contributed by atoms with Gasteiger partial charge in [0.1, 0.15) is 17.5 Å². The van der Waals surface area contributed by atoms with E-state index in [1.165, 1.54) is 24.3 Å². The zero-order chi connectivity index (χ0) is 21.6. The molecule has 3 aromatic carbocycles. The molecule has 1 heterocycles. The fourth-order valence-corrected chi connectivity index (χ4v) is 4.95. The number of nitrogens with zero attached hydrogens (tertiary/aromatic N) is 1. The van der Waals surface area contributed by atoms with Crippen molar-refractivity contribution in [1.29, 1.82) is 0 Å². The van der Waals surface area contributed by atoms with Crippen LogP contribution < -0.4 is 0 Å². The molecule has 0 radical (unpaired) electrons. The number of pyridine rings is 1. The summed E-state index contributed by atoms with van der Waals surface area (Å²) in [6.07, 6.45) is 1.00. The number of aromatic nitrogens is 1. The number of sulfone groups is 1. The zero-order valence-electron chi connectivity index (χ0n) is 14.8. The fourth-order valence-electron chi connectivity index (χ4n) is 3.09. The van der Waals surface area contributed by atoms with Crippen LogP contribution in [-0.2, 0) is 9.84 Å². The highest BCUT2D eigenvalue weighted by Gasteiger charge is 2.27. The third-order valence-electron chi connectivity index (χ3n) is 4.51. The van der Waals surface area contributed by atoms with E-state index < -0.39 is 27.3 Å². The van der Waals surface area contributed by atoms with Gasteiger partial charge in [0.05, 0.1) is 25.4 Å². The smallest absolute Gasteiger partial charge is 0.208 e. The van der Waals surface area contributed by atoms with E-state index in [9.17, 15) is 21.6 Å². The summed E-state index contributed by atoms with van der Waals surface area (Å²) in [5, 5.41) is -0.524. The van der Waals surface area contributed by atoms with Gasteiger partial charge in [0, 0.05) is 28.8 Å². The Morgan fingerprint density at radius 3 is 2.20 bits per heavy atom. The van der Waals surface area contributed by atoms with Crippen molar-refractivity contribution in [3.05, 3.63) is 88.3 Å². The van der Waals surface area contributed by atoms with Crippen molar-refractivity contribution in [2.24, 2.45) is 0 Å². The van der Waals surface area contributed by atoms with Crippen LogP contribution in [0.1, 0.15) is 0 Å². The van der Waals surface area contributed by atoms with Crippen molar-refractivity contribution < 1.29 is 21.6 Å². The first-order valence-corrected chi connectivity index (χ1v) is 10.7. The largest absolute Gasteiger partial charge is 0.255 e. The van der Waals surface area contributed by atoms with Crippen LogP contribution in [0.2, 0.25) is 10.0 Å². The van der Waals surface area contributed by atoms with Crippen molar-refractivity contribution in [2.45, 2.75) is 9.79 Å². The Balaban J connectivity index is 2.12. The molecule has 152 valence electrons. The van der Waals surface area contributed by atoms with Gasteiger partial charge in [-0.05, 0) is 30.3 Å². The normalized spacial score (nSPS) is 11.8. The average Bonchev–Trinajstić information content (AvgIpc) is 2.70. The van der Waals surface area contributed by atoms with Gasteiger partial charge in [0.15, 0.2) is 0 Å². The standard InChI is InChI=1S/C21H10Cl2F3NO2S/c22-14-7-11(5-6-17(14)25)30(28,29)20-10-27-19-9-18(26)15(23)8-13(19)21(20)12-3-1-2-4-16(12)24/h1-10H. The van der Waals surface area contributed by atoms with Gasteiger partial charge in [0.2, 0.25) is 9.84 Å². The minimum atomic E-state index is -4.31. The van der Waals surface area contributed by atoms with E-state index in [-0.39, 0.29) is 41.9 Å². The molecule has 0 bridgehead atoms. The predicted molar refractivity (Wildman–Crippen MR) is 109 cm³/mol. The molecule has 0 aliphatic carbocycles. The Morgan fingerprint density at radius 1 is 0.800 bits per heavy atom. The maximum absolute atomic E-state index is 14.7. The predicted octanol–water partition coefficient (Wildman–Crippen LogP) is 6.46. The first-order chi connectivity index (χ1) is 14.2. The minimum Gasteiger partial charge on any atom is -0.255 e. The second-order valence-electron chi connectivity index (χ2n) is 6.34. The van der Waals surface area contributed by atoms with E-state index in [0.29, 0.717) is 0 Å². The summed E-state index contributed by atoms with van der Waals surface area (Å²) in [7, 11) is -4.31. The van der Waals surface area contributed by atoms with Crippen LogP contribution in [-0.4, -0.2) is 13.4 Å². The van der Waals surface area contributed by atoms with Crippen molar-refractivity contribution in [2.75, 3.05) is 0 Å². The van der Waals surface area contributed by atoms with Crippen LogP contribution in [0, 0.1) is 17.5 Å². The quantitative estimate of drug-likeness (QED) is 0.325. The molecular weight excluding hydrogens is 458 g/mol. The number of hydrogen-bond donors (Lipinski definition) is 0. The van der Waals surface area contributed by atoms with Crippen molar-refractivity contribution in [3.63, 3.8) is 0 Å². The summed E-state index contributed by atoms with van der Waals surface area (Å²) in [6, 6.07) is 10.7. The molecule has 9 heteroatoms. The monoisotopic (exact) mass is 467 g/mol. The maximum Gasteiger partial charge on any atom is 0.208 e. The molecule has 0 atom stereocenters. The fraction of sp³-hybridized carbons (Fsp3) is 0. The molecule has 0 N–H and O–H groups in total. The molecule has 0 aliphatic heterocycles. The lowest BCUT2D eigenvalue weighted by Gasteiger charge is -2.15. The summed E-state index contributed by atoms with van der Waals surface area (Å²) in [5.41, 5.74) is 0.00560. The van der Waals surface area contributed by atoms with E-state index >= 15 is 0 Å². The third-order valence-corrected chi connectivity index (χ3v) is 6.85. The molecule has 0 spiro atoms. The van der Waals surface area contributed by atoms with Crippen LogP contribution >= 0.6 is 23.2 Å².